The van der Waals surface area contributed by atoms with Crippen molar-refractivity contribution in [2.75, 3.05) is 18.5 Å². The number of anilines is 1. The van der Waals surface area contributed by atoms with E-state index in [-0.39, 0.29) is 17.4 Å². The van der Waals surface area contributed by atoms with Crippen molar-refractivity contribution in [3.05, 3.63) is 23.8 Å². The number of halogens is 1. The van der Waals surface area contributed by atoms with Gasteiger partial charge in [0, 0.05) is 23.0 Å². The summed E-state index contributed by atoms with van der Waals surface area (Å²) in [6.45, 7) is 4.14. The van der Waals surface area contributed by atoms with E-state index < -0.39 is 9.05 Å². The Morgan fingerprint density at radius 3 is 2.63 bits per heavy atom. The van der Waals surface area contributed by atoms with Gasteiger partial charge in [-0.05, 0) is 37.1 Å². The van der Waals surface area contributed by atoms with Gasteiger partial charge in [0.2, 0.25) is 5.91 Å². The van der Waals surface area contributed by atoms with E-state index in [1.54, 1.807) is 6.92 Å². The number of hydrogen-bond acceptors (Lipinski definition) is 4. The zero-order valence-corrected chi connectivity index (χ0v) is 12.3. The molecule has 0 aliphatic rings. The number of carbonyl (C=O) groups excluding carboxylic acids is 1. The SMILES string of the molecule is CCCOCC(=O)Nc1ccc(S(=O)(=O)Cl)cc1C. The molecule has 0 aromatic heterocycles. The third-order valence-corrected chi connectivity index (χ3v) is 3.69. The summed E-state index contributed by atoms with van der Waals surface area (Å²) >= 11 is 0. The van der Waals surface area contributed by atoms with Crippen LogP contribution in [-0.4, -0.2) is 27.5 Å². The lowest BCUT2D eigenvalue weighted by molar-refractivity contribution is -0.120. The van der Waals surface area contributed by atoms with Gasteiger partial charge in [0.1, 0.15) is 6.61 Å². The molecule has 1 rings (SSSR count). The van der Waals surface area contributed by atoms with Crippen molar-refractivity contribution in [1.29, 1.82) is 0 Å². The standard InChI is InChI=1S/C12H16ClNO4S/c1-3-6-18-8-12(15)14-11-5-4-10(7-9(11)2)19(13,16)17/h4-5,7H,3,6,8H2,1-2H3,(H,14,15). The van der Waals surface area contributed by atoms with Crippen LogP contribution in [0.2, 0.25) is 0 Å². The zero-order chi connectivity index (χ0) is 14.5. The summed E-state index contributed by atoms with van der Waals surface area (Å²) in [6, 6.07) is 4.25. The van der Waals surface area contributed by atoms with Crippen molar-refractivity contribution in [2.45, 2.75) is 25.2 Å². The predicted octanol–water partition coefficient (Wildman–Crippen LogP) is 2.29. The molecule has 1 aromatic carbocycles. The predicted molar refractivity (Wildman–Crippen MR) is 74.0 cm³/mol. The highest BCUT2D eigenvalue weighted by Crippen LogP contribution is 2.22. The first-order valence-electron chi connectivity index (χ1n) is 5.77. The van der Waals surface area contributed by atoms with Gasteiger partial charge >= 0.3 is 0 Å². The van der Waals surface area contributed by atoms with Gasteiger partial charge in [0.05, 0.1) is 4.90 Å². The summed E-state index contributed by atoms with van der Waals surface area (Å²) in [7, 11) is 1.48. The van der Waals surface area contributed by atoms with Gasteiger partial charge in [-0.15, -0.1) is 0 Å². The Bertz CT molecular complexity index is 557. The molecule has 0 unspecified atom stereocenters. The van der Waals surface area contributed by atoms with E-state index in [0.29, 0.717) is 17.9 Å². The number of nitrogens with one attached hydrogen (secondary N) is 1. The molecule has 106 valence electrons. The summed E-state index contributed by atoms with van der Waals surface area (Å²) in [6.07, 6.45) is 0.842. The maximum Gasteiger partial charge on any atom is 0.261 e. The molecule has 0 aliphatic heterocycles. The van der Waals surface area contributed by atoms with E-state index in [2.05, 4.69) is 5.32 Å². The third-order valence-electron chi connectivity index (χ3n) is 2.34. The van der Waals surface area contributed by atoms with E-state index >= 15 is 0 Å². The Kier molecular flexibility index (Phi) is 5.78. The summed E-state index contributed by atoms with van der Waals surface area (Å²) < 4.78 is 27.4. The highest BCUT2D eigenvalue weighted by atomic mass is 35.7. The molecule has 19 heavy (non-hydrogen) atoms. The molecular formula is C12H16ClNO4S. The van der Waals surface area contributed by atoms with Crippen LogP contribution in [0.5, 0.6) is 0 Å². The highest BCUT2D eigenvalue weighted by Gasteiger charge is 2.12. The number of carbonyl (C=O) groups is 1. The molecule has 1 amide bonds. The van der Waals surface area contributed by atoms with Crippen LogP contribution in [0.3, 0.4) is 0 Å². The zero-order valence-electron chi connectivity index (χ0n) is 10.8. The Morgan fingerprint density at radius 1 is 1.42 bits per heavy atom. The fraction of sp³-hybridized carbons (Fsp3) is 0.417. The Balaban J connectivity index is 2.73. The molecule has 0 heterocycles. The Labute approximate surface area is 117 Å². The summed E-state index contributed by atoms with van der Waals surface area (Å²) in [5, 5.41) is 2.65. The second kappa shape index (κ2) is 6.88. The fourth-order valence-corrected chi connectivity index (χ4v) is 2.26. The first kappa shape index (κ1) is 15.9. The summed E-state index contributed by atoms with van der Waals surface area (Å²) in [4.78, 5) is 11.5. The molecule has 0 saturated heterocycles. The molecular weight excluding hydrogens is 290 g/mol. The second-order valence-corrected chi connectivity index (χ2v) is 6.58. The quantitative estimate of drug-likeness (QED) is 0.646. The number of ether oxygens (including phenoxy) is 1. The van der Waals surface area contributed by atoms with Gasteiger partial charge in [-0.3, -0.25) is 4.79 Å². The number of hydrogen-bond donors (Lipinski definition) is 1. The molecule has 7 heteroatoms. The van der Waals surface area contributed by atoms with Gasteiger partial charge in [0.15, 0.2) is 0 Å². The topological polar surface area (TPSA) is 72.5 Å². The molecule has 0 radical (unpaired) electrons. The van der Waals surface area contributed by atoms with Gasteiger partial charge in [-0.2, -0.15) is 0 Å². The lowest BCUT2D eigenvalue weighted by Crippen LogP contribution is -2.19. The Hall–Kier alpha value is -1.11. The normalized spacial score (nSPS) is 11.3. The van der Waals surface area contributed by atoms with Crippen LogP contribution >= 0.6 is 10.7 Å². The second-order valence-electron chi connectivity index (χ2n) is 4.02. The largest absolute Gasteiger partial charge is 0.372 e. The van der Waals surface area contributed by atoms with Crippen molar-refractivity contribution in [2.24, 2.45) is 0 Å². The van der Waals surface area contributed by atoms with E-state index in [0.717, 1.165) is 6.42 Å². The minimum atomic E-state index is -3.75. The van der Waals surface area contributed by atoms with Crippen LogP contribution in [-0.2, 0) is 18.6 Å². The molecule has 0 aliphatic carbocycles. The first-order chi connectivity index (χ1) is 8.84. The van der Waals surface area contributed by atoms with Gasteiger partial charge in [0.25, 0.3) is 9.05 Å². The van der Waals surface area contributed by atoms with Crippen LogP contribution < -0.4 is 5.32 Å². The van der Waals surface area contributed by atoms with E-state index in [1.165, 1.54) is 18.2 Å². The van der Waals surface area contributed by atoms with Crippen molar-refractivity contribution in [3.63, 3.8) is 0 Å². The molecule has 0 bridgehead atoms. The maximum atomic E-state index is 11.5. The number of rotatable bonds is 6. The maximum absolute atomic E-state index is 11.5. The van der Waals surface area contributed by atoms with Gasteiger partial charge in [-0.1, -0.05) is 6.92 Å². The Morgan fingerprint density at radius 2 is 2.11 bits per heavy atom. The third kappa shape index (κ3) is 5.18. The average Bonchev–Trinajstić information content (AvgIpc) is 2.31. The van der Waals surface area contributed by atoms with E-state index in [9.17, 15) is 13.2 Å². The average molecular weight is 306 g/mol. The molecule has 1 aromatic rings. The van der Waals surface area contributed by atoms with E-state index in [1.807, 2.05) is 6.92 Å². The van der Waals surface area contributed by atoms with Crippen molar-refractivity contribution < 1.29 is 17.9 Å². The number of amides is 1. The molecule has 0 saturated carbocycles. The monoisotopic (exact) mass is 305 g/mol. The number of benzene rings is 1. The molecule has 5 nitrogen and oxygen atoms in total. The van der Waals surface area contributed by atoms with Crippen molar-refractivity contribution in [3.8, 4) is 0 Å². The molecule has 0 fully saturated rings. The minimum absolute atomic E-state index is 0.00639. The highest BCUT2D eigenvalue weighted by molar-refractivity contribution is 8.13. The summed E-state index contributed by atoms with van der Waals surface area (Å²) in [5.41, 5.74) is 1.15. The number of aryl methyl sites for hydroxylation is 1. The fourth-order valence-electron chi connectivity index (χ4n) is 1.42. The van der Waals surface area contributed by atoms with Crippen molar-refractivity contribution >= 4 is 31.3 Å². The van der Waals surface area contributed by atoms with Crippen molar-refractivity contribution in [1.82, 2.24) is 0 Å². The smallest absolute Gasteiger partial charge is 0.261 e. The van der Waals surface area contributed by atoms with E-state index in [4.69, 9.17) is 15.4 Å². The lowest BCUT2D eigenvalue weighted by Gasteiger charge is -2.09. The summed E-state index contributed by atoms with van der Waals surface area (Å²) in [5.74, 6) is -0.280. The van der Waals surface area contributed by atoms with Crippen LogP contribution in [0.15, 0.2) is 23.1 Å². The molecule has 1 N–H and O–H groups in total. The van der Waals surface area contributed by atoms with Crippen LogP contribution in [0.4, 0.5) is 5.69 Å². The van der Waals surface area contributed by atoms with Crippen LogP contribution in [0.25, 0.3) is 0 Å². The lowest BCUT2D eigenvalue weighted by atomic mass is 10.2. The van der Waals surface area contributed by atoms with Crippen LogP contribution in [0, 0.1) is 6.92 Å². The molecule has 0 spiro atoms. The molecule has 0 atom stereocenters. The van der Waals surface area contributed by atoms with Gasteiger partial charge < -0.3 is 10.1 Å². The first-order valence-corrected chi connectivity index (χ1v) is 8.08. The van der Waals surface area contributed by atoms with Crippen LogP contribution in [0.1, 0.15) is 18.9 Å². The van der Waals surface area contributed by atoms with Gasteiger partial charge in [-0.25, -0.2) is 8.42 Å². The minimum Gasteiger partial charge on any atom is -0.372 e.